The summed E-state index contributed by atoms with van der Waals surface area (Å²) >= 11 is 0. The number of hydrogen-bond donors (Lipinski definition) is 0. The summed E-state index contributed by atoms with van der Waals surface area (Å²) in [7, 11) is 1.95. The maximum absolute atomic E-state index is 5.55. The SMILES string of the molecule is CN1OCC(C)(C)c2ccccc21. The van der Waals surface area contributed by atoms with Crippen molar-refractivity contribution in [2.24, 2.45) is 0 Å². The van der Waals surface area contributed by atoms with Crippen LogP contribution in [0.2, 0.25) is 0 Å². The van der Waals surface area contributed by atoms with Crippen molar-refractivity contribution >= 4 is 5.69 Å². The predicted molar refractivity (Wildman–Crippen MR) is 53.8 cm³/mol. The van der Waals surface area contributed by atoms with Crippen LogP contribution in [0.4, 0.5) is 5.69 Å². The van der Waals surface area contributed by atoms with Crippen molar-refractivity contribution in [2.75, 3.05) is 18.7 Å². The minimum absolute atomic E-state index is 0.128. The highest BCUT2D eigenvalue weighted by Crippen LogP contribution is 2.36. The Bertz CT molecular complexity index is 320. The molecule has 2 nitrogen and oxygen atoms in total. The maximum atomic E-state index is 5.55. The number of para-hydroxylation sites is 1. The average molecular weight is 177 g/mol. The lowest BCUT2D eigenvalue weighted by atomic mass is 9.83. The first kappa shape index (κ1) is 8.57. The molecule has 0 atom stereocenters. The summed E-state index contributed by atoms with van der Waals surface area (Å²) in [6, 6.07) is 8.39. The standard InChI is InChI=1S/C11H15NO/c1-11(2)8-13-12(3)10-7-5-4-6-9(10)11/h4-7H,8H2,1-3H3. The lowest BCUT2D eigenvalue weighted by Gasteiger charge is -2.37. The van der Waals surface area contributed by atoms with Gasteiger partial charge in [0.25, 0.3) is 0 Å². The van der Waals surface area contributed by atoms with Gasteiger partial charge in [0, 0.05) is 12.5 Å². The van der Waals surface area contributed by atoms with Gasteiger partial charge in [0.1, 0.15) is 0 Å². The molecule has 1 aromatic carbocycles. The second kappa shape index (κ2) is 2.74. The quantitative estimate of drug-likeness (QED) is 0.603. The molecule has 1 aromatic rings. The van der Waals surface area contributed by atoms with Gasteiger partial charge in [-0.2, -0.15) is 0 Å². The fourth-order valence-corrected chi connectivity index (χ4v) is 1.73. The van der Waals surface area contributed by atoms with Crippen LogP contribution < -0.4 is 5.06 Å². The maximum Gasteiger partial charge on any atom is 0.0840 e. The van der Waals surface area contributed by atoms with Crippen LogP contribution in [0.15, 0.2) is 24.3 Å². The number of anilines is 1. The summed E-state index contributed by atoms with van der Waals surface area (Å²) in [5.74, 6) is 0. The van der Waals surface area contributed by atoms with Gasteiger partial charge >= 0.3 is 0 Å². The first-order chi connectivity index (χ1) is 6.11. The van der Waals surface area contributed by atoms with Gasteiger partial charge in [-0.3, -0.25) is 9.90 Å². The third-order valence-corrected chi connectivity index (χ3v) is 2.59. The smallest absolute Gasteiger partial charge is 0.0840 e. The Kier molecular flexibility index (Phi) is 1.81. The average Bonchev–Trinajstić information content (AvgIpc) is 2.13. The van der Waals surface area contributed by atoms with E-state index in [1.54, 1.807) is 0 Å². The molecule has 0 aliphatic carbocycles. The minimum atomic E-state index is 0.128. The van der Waals surface area contributed by atoms with Gasteiger partial charge in [-0.15, -0.1) is 0 Å². The lowest BCUT2D eigenvalue weighted by Crippen LogP contribution is -2.37. The molecule has 0 amide bonds. The van der Waals surface area contributed by atoms with Gasteiger partial charge in [-0.25, -0.2) is 0 Å². The normalized spacial score (nSPS) is 19.8. The fourth-order valence-electron chi connectivity index (χ4n) is 1.73. The molecule has 1 aliphatic heterocycles. The molecule has 0 aromatic heterocycles. The van der Waals surface area contributed by atoms with E-state index in [9.17, 15) is 0 Å². The van der Waals surface area contributed by atoms with E-state index in [1.807, 2.05) is 18.2 Å². The van der Waals surface area contributed by atoms with Crippen molar-refractivity contribution in [2.45, 2.75) is 19.3 Å². The van der Waals surface area contributed by atoms with Crippen LogP contribution in [0, 0.1) is 0 Å². The molecule has 0 unspecified atom stereocenters. The van der Waals surface area contributed by atoms with Crippen molar-refractivity contribution in [1.82, 2.24) is 0 Å². The molecule has 70 valence electrons. The highest BCUT2D eigenvalue weighted by Gasteiger charge is 2.30. The second-order valence-electron chi connectivity index (χ2n) is 4.17. The molecule has 13 heavy (non-hydrogen) atoms. The second-order valence-corrected chi connectivity index (χ2v) is 4.17. The van der Waals surface area contributed by atoms with Crippen LogP contribution in [0.5, 0.6) is 0 Å². The van der Waals surface area contributed by atoms with Gasteiger partial charge in [0.2, 0.25) is 0 Å². The predicted octanol–water partition coefficient (Wildman–Crippen LogP) is 2.35. The largest absolute Gasteiger partial charge is 0.273 e. The van der Waals surface area contributed by atoms with Gasteiger partial charge in [0.15, 0.2) is 0 Å². The number of rotatable bonds is 0. The van der Waals surface area contributed by atoms with Crippen molar-refractivity contribution in [1.29, 1.82) is 0 Å². The summed E-state index contributed by atoms with van der Waals surface area (Å²) in [5.41, 5.74) is 2.67. The number of fused-ring (bicyclic) bond motifs is 1. The van der Waals surface area contributed by atoms with Crippen LogP contribution in [-0.4, -0.2) is 13.7 Å². The van der Waals surface area contributed by atoms with Crippen LogP contribution in [0.25, 0.3) is 0 Å². The molecular weight excluding hydrogens is 162 g/mol. The Morgan fingerprint density at radius 1 is 1.31 bits per heavy atom. The van der Waals surface area contributed by atoms with E-state index in [0.29, 0.717) is 0 Å². The Labute approximate surface area is 79.1 Å². The third kappa shape index (κ3) is 1.31. The van der Waals surface area contributed by atoms with Gasteiger partial charge in [-0.1, -0.05) is 32.0 Å². The van der Waals surface area contributed by atoms with E-state index >= 15 is 0 Å². The van der Waals surface area contributed by atoms with E-state index in [0.717, 1.165) is 6.61 Å². The first-order valence-corrected chi connectivity index (χ1v) is 4.57. The van der Waals surface area contributed by atoms with E-state index in [2.05, 4.69) is 32.0 Å². The molecule has 0 saturated carbocycles. The molecule has 0 fully saturated rings. The topological polar surface area (TPSA) is 12.5 Å². The number of nitrogens with zero attached hydrogens (tertiary/aromatic N) is 1. The van der Waals surface area contributed by atoms with Crippen molar-refractivity contribution < 1.29 is 4.84 Å². The Hall–Kier alpha value is -1.02. The Balaban J connectivity index is 2.55. The molecule has 2 heteroatoms. The molecular formula is C11H15NO. The fraction of sp³-hybridized carbons (Fsp3) is 0.455. The number of hydroxylamine groups is 1. The lowest BCUT2D eigenvalue weighted by molar-refractivity contribution is 0.0689. The summed E-state index contributed by atoms with van der Waals surface area (Å²) in [6.45, 7) is 5.16. The molecule has 0 spiro atoms. The third-order valence-electron chi connectivity index (χ3n) is 2.59. The van der Waals surface area contributed by atoms with Crippen molar-refractivity contribution in [3.8, 4) is 0 Å². The summed E-state index contributed by atoms with van der Waals surface area (Å²) in [6.07, 6.45) is 0. The van der Waals surface area contributed by atoms with E-state index < -0.39 is 0 Å². The summed E-state index contributed by atoms with van der Waals surface area (Å²) in [5, 5.41) is 1.85. The Morgan fingerprint density at radius 2 is 2.00 bits per heavy atom. The zero-order chi connectivity index (χ0) is 9.47. The summed E-state index contributed by atoms with van der Waals surface area (Å²) < 4.78 is 0. The van der Waals surface area contributed by atoms with Gasteiger partial charge in [0.05, 0.1) is 12.3 Å². The zero-order valence-corrected chi connectivity index (χ0v) is 8.37. The van der Waals surface area contributed by atoms with Crippen LogP contribution in [0.1, 0.15) is 19.4 Å². The highest BCUT2D eigenvalue weighted by molar-refractivity contribution is 5.55. The molecule has 2 rings (SSSR count). The Morgan fingerprint density at radius 3 is 2.69 bits per heavy atom. The zero-order valence-electron chi connectivity index (χ0n) is 8.37. The minimum Gasteiger partial charge on any atom is -0.273 e. The van der Waals surface area contributed by atoms with Crippen LogP contribution in [-0.2, 0) is 10.3 Å². The molecule has 0 N–H and O–H groups in total. The molecule has 1 aliphatic rings. The summed E-state index contributed by atoms with van der Waals surface area (Å²) in [4.78, 5) is 5.55. The first-order valence-electron chi connectivity index (χ1n) is 4.57. The molecule has 1 heterocycles. The number of benzene rings is 1. The molecule has 0 saturated heterocycles. The molecule has 0 bridgehead atoms. The van der Waals surface area contributed by atoms with Crippen LogP contribution >= 0.6 is 0 Å². The monoisotopic (exact) mass is 177 g/mol. The van der Waals surface area contributed by atoms with E-state index in [-0.39, 0.29) is 5.41 Å². The van der Waals surface area contributed by atoms with Gasteiger partial charge in [-0.05, 0) is 11.6 Å². The van der Waals surface area contributed by atoms with E-state index in [4.69, 9.17) is 4.84 Å². The van der Waals surface area contributed by atoms with Gasteiger partial charge < -0.3 is 0 Å². The molecule has 0 radical (unpaired) electrons. The van der Waals surface area contributed by atoms with Crippen molar-refractivity contribution in [3.63, 3.8) is 0 Å². The van der Waals surface area contributed by atoms with Crippen molar-refractivity contribution in [3.05, 3.63) is 29.8 Å². The van der Waals surface area contributed by atoms with Crippen LogP contribution in [0.3, 0.4) is 0 Å². The van der Waals surface area contributed by atoms with E-state index in [1.165, 1.54) is 11.3 Å². The highest BCUT2D eigenvalue weighted by atomic mass is 16.7. The number of hydrogen-bond acceptors (Lipinski definition) is 2.